The van der Waals surface area contributed by atoms with Crippen molar-refractivity contribution in [1.82, 2.24) is 0 Å². The van der Waals surface area contributed by atoms with E-state index in [1.54, 1.807) is 7.11 Å². The largest absolute Gasteiger partial charge is 0.384 e. The van der Waals surface area contributed by atoms with Crippen molar-refractivity contribution in [1.29, 1.82) is 0 Å². The lowest BCUT2D eigenvalue weighted by molar-refractivity contribution is 0.0892. The summed E-state index contributed by atoms with van der Waals surface area (Å²) in [7, 11) is 1.63. The van der Waals surface area contributed by atoms with E-state index in [-0.39, 0.29) is 11.7 Å². The van der Waals surface area contributed by atoms with Gasteiger partial charge in [0.1, 0.15) is 0 Å². The average Bonchev–Trinajstić information content (AvgIpc) is 2.90. The molecule has 0 amide bonds. The van der Waals surface area contributed by atoms with Crippen molar-refractivity contribution >= 4 is 17.1 Å². The highest BCUT2D eigenvalue weighted by molar-refractivity contribution is 7.12. The first-order chi connectivity index (χ1) is 8.72. The van der Waals surface area contributed by atoms with E-state index >= 15 is 0 Å². The summed E-state index contributed by atoms with van der Waals surface area (Å²) in [5.74, 6) is -0.0787. The summed E-state index contributed by atoms with van der Waals surface area (Å²) < 4.78 is 5.19. The van der Waals surface area contributed by atoms with E-state index in [4.69, 9.17) is 4.74 Å². The van der Waals surface area contributed by atoms with Crippen LogP contribution in [-0.4, -0.2) is 19.5 Å². The molecule has 2 nitrogen and oxygen atoms in total. The molecule has 0 aliphatic carbocycles. The molecule has 0 saturated heterocycles. The molecular weight excluding hydrogens is 244 g/mol. The molecule has 18 heavy (non-hydrogen) atoms. The third kappa shape index (κ3) is 2.86. The summed E-state index contributed by atoms with van der Waals surface area (Å²) in [4.78, 5) is 13.2. The number of methoxy groups -OCH3 is 1. The Balaban J connectivity index is 2.28. The topological polar surface area (TPSA) is 26.3 Å². The lowest BCUT2D eigenvalue weighted by Gasteiger charge is -2.14. The fraction of sp³-hybridized carbons (Fsp3) is 0.267. The molecule has 0 radical (unpaired) electrons. The van der Waals surface area contributed by atoms with Crippen molar-refractivity contribution in [2.24, 2.45) is 0 Å². The van der Waals surface area contributed by atoms with Crippen LogP contribution in [0.5, 0.6) is 0 Å². The van der Waals surface area contributed by atoms with Crippen LogP contribution in [0.4, 0.5) is 0 Å². The number of aryl methyl sites for hydroxylation is 1. The van der Waals surface area contributed by atoms with Crippen LogP contribution in [0.3, 0.4) is 0 Å². The monoisotopic (exact) mass is 260 g/mol. The van der Waals surface area contributed by atoms with Crippen molar-refractivity contribution in [2.75, 3.05) is 13.7 Å². The van der Waals surface area contributed by atoms with E-state index in [1.807, 2.05) is 48.7 Å². The number of Topliss-reactive ketones (excluding diaryl/α,β-unsaturated/α-hetero) is 1. The van der Waals surface area contributed by atoms with Crippen LogP contribution in [0.2, 0.25) is 0 Å². The van der Waals surface area contributed by atoms with E-state index in [9.17, 15) is 4.79 Å². The first kappa shape index (κ1) is 13.0. The predicted molar refractivity (Wildman–Crippen MR) is 74.4 cm³/mol. The van der Waals surface area contributed by atoms with Crippen molar-refractivity contribution in [3.63, 3.8) is 0 Å². The summed E-state index contributed by atoms with van der Waals surface area (Å²) in [6.07, 6.45) is 0. The average molecular weight is 260 g/mol. The minimum absolute atomic E-state index is 0.135. The first-order valence-corrected chi connectivity index (χ1v) is 6.73. The maximum atomic E-state index is 12.4. The summed E-state index contributed by atoms with van der Waals surface area (Å²) in [6.45, 7) is 2.45. The second-order valence-corrected chi connectivity index (χ2v) is 5.21. The number of hydrogen-bond donors (Lipinski definition) is 0. The second kappa shape index (κ2) is 5.94. The zero-order chi connectivity index (χ0) is 13.0. The van der Waals surface area contributed by atoms with Gasteiger partial charge in [0.25, 0.3) is 0 Å². The van der Waals surface area contributed by atoms with Gasteiger partial charge in [-0.3, -0.25) is 4.79 Å². The number of carbonyl (C=O) groups excluding carboxylic acids is 1. The fourth-order valence-corrected chi connectivity index (χ4v) is 2.60. The molecule has 94 valence electrons. The van der Waals surface area contributed by atoms with E-state index < -0.39 is 0 Å². The van der Waals surface area contributed by atoms with Crippen LogP contribution in [0.25, 0.3) is 0 Å². The molecule has 1 heterocycles. The van der Waals surface area contributed by atoms with Crippen LogP contribution in [0, 0.1) is 6.92 Å². The van der Waals surface area contributed by atoms with Gasteiger partial charge in [-0.15, -0.1) is 11.3 Å². The highest BCUT2D eigenvalue weighted by Crippen LogP contribution is 2.24. The Morgan fingerprint density at radius 2 is 2.00 bits per heavy atom. The van der Waals surface area contributed by atoms with Crippen molar-refractivity contribution < 1.29 is 9.53 Å². The predicted octanol–water partition coefficient (Wildman–Crippen LogP) is 3.67. The molecule has 1 unspecified atom stereocenters. The highest BCUT2D eigenvalue weighted by Gasteiger charge is 2.22. The van der Waals surface area contributed by atoms with Crippen molar-refractivity contribution in [3.8, 4) is 0 Å². The van der Waals surface area contributed by atoms with Gasteiger partial charge in [0.15, 0.2) is 5.78 Å². The van der Waals surface area contributed by atoms with Gasteiger partial charge in [-0.05, 0) is 23.9 Å². The quantitative estimate of drug-likeness (QED) is 0.767. The minimum atomic E-state index is -0.214. The van der Waals surface area contributed by atoms with E-state index in [2.05, 4.69) is 0 Å². The maximum Gasteiger partial charge on any atom is 0.182 e. The van der Waals surface area contributed by atoms with E-state index in [0.29, 0.717) is 6.61 Å². The van der Waals surface area contributed by atoms with Gasteiger partial charge in [0.2, 0.25) is 0 Å². The van der Waals surface area contributed by atoms with Gasteiger partial charge >= 0.3 is 0 Å². The van der Waals surface area contributed by atoms with E-state index in [1.165, 1.54) is 16.9 Å². The van der Waals surface area contributed by atoms with Crippen LogP contribution >= 0.6 is 11.3 Å². The Hall–Kier alpha value is -1.45. The highest BCUT2D eigenvalue weighted by atomic mass is 32.1. The molecule has 0 fully saturated rings. The molecule has 0 spiro atoms. The Labute approximate surface area is 111 Å². The summed E-state index contributed by atoms with van der Waals surface area (Å²) in [5, 5.41) is 1.92. The smallest absolute Gasteiger partial charge is 0.182 e. The Kier molecular flexibility index (Phi) is 4.28. The molecule has 0 aliphatic heterocycles. The zero-order valence-corrected chi connectivity index (χ0v) is 11.4. The number of ketones is 1. The van der Waals surface area contributed by atoms with E-state index in [0.717, 1.165) is 10.4 Å². The number of ether oxygens (including phenoxy) is 1. The summed E-state index contributed by atoms with van der Waals surface area (Å²) in [6, 6.07) is 11.8. The minimum Gasteiger partial charge on any atom is -0.384 e. The molecule has 2 aromatic rings. The first-order valence-electron chi connectivity index (χ1n) is 5.85. The lowest BCUT2D eigenvalue weighted by Crippen LogP contribution is -2.17. The van der Waals surface area contributed by atoms with Crippen LogP contribution < -0.4 is 0 Å². The normalized spacial score (nSPS) is 12.3. The van der Waals surface area contributed by atoms with Crippen LogP contribution in [0.15, 0.2) is 41.8 Å². The fourth-order valence-electron chi connectivity index (χ4n) is 1.88. The zero-order valence-electron chi connectivity index (χ0n) is 10.6. The molecule has 1 atom stereocenters. The van der Waals surface area contributed by atoms with Gasteiger partial charge in [-0.1, -0.05) is 35.9 Å². The van der Waals surface area contributed by atoms with Gasteiger partial charge < -0.3 is 4.74 Å². The van der Waals surface area contributed by atoms with Gasteiger partial charge in [-0.25, -0.2) is 0 Å². The standard InChI is InChI=1S/C15H16O2S/c1-11-5-7-12(8-6-11)13(10-17-2)15(16)14-4-3-9-18-14/h3-9,13H,10H2,1-2H3. The molecule has 0 N–H and O–H groups in total. The number of benzene rings is 1. The Morgan fingerprint density at radius 1 is 1.28 bits per heavy atom. The van der Waals surface area contributed by atoms with Crippen LogP contribution in [0.1, 0.15) is 26.7 Å². The van der Waals surface area contributed by atoms with Gasteiger partial charge in [0.05, 0.1) is 17.4 Å². The molecular formula is C15H16O2S. The molecule has 1 aromatic carbocycles. The maximum absolute atomic E-state index is 12.4. The van der Waals surface area contributed by atoms with Crippen molar-refractivity contribution in [3.05, 3.63) is 57.8 Å². The summed E-state index contributed by atoms with van der Waals surface area (Å²) >= 11 is 1.48. The third-order valence-electron chi connectivity index (χ3n) is 2.89. The third-order valence-corrected chi connectivity index (χ3v) is 3.78. The number of hydrogen-bond acceptors (Lipinski definition) is 3. The molecule has 0 aliphatic rings. The Bertz CT molecular complexity index is 500. The van der Waals surface area contributed by atoms with Crippen molar-refractivity contribution in [2.45, 2.75) is 12.8 Å². The second-order valence-electron chi connectivity index (χ2n) is 4.26. The molecule has 2 rings (SSSR count). The molecule has 0 bridgehead atoms. The molecule has 1 aromatic heterocycles. The van der Waals surface area contributed by atoms with Gasteiger partial charge in [-0.2, -0.15) is 0 Å². The Morgan fingerprint density at radius 3 is 2.56 bits per heavy atom. The molecule has 0 saturated carbocycles. The van der Waals surface area contributed by atoms with Crippen LogP contribution in [-0.2, 0) is 4.74 Å². The van der Waals surface area contributed by atoms with Gasteiger partial charge in [0, 0.05) is 7.11 Å². The summed E-state index contributed by atoms with van der Waals surface area (Å²) in [5.41, 5.74) is 2.21. The molecule has 3 heteroatoms. The SMILES string of the molecule is COCC(C(=O)c1cccs1)c1ccc(C)cc1. The number of thiophene rings is 1. The number of rotatable bonds is 5. The number of carbonyl (C=O) groups is 1. The lowest BCUT2D eigenvalue weighted by atomic mass is 9.94.